The van der Waals surface area contributed by atoms with Crippen LogP contribution in [0.2, 0.25) is 0 Å². The normalized spacial score (nSPS) is 13.1. The minimum absolute atomic E-state index is 0.604. The summed E-state index contributed by atoms with van der Waals surface area (Å²) in [6.45, 7) is 5.95. The van der Waals surface area contributed by atoms with E-state index in [0.717, 1.165) is 6.42 Å². The molecule has 0 aromatic heterocycles. The van der Waals surface area contributed by atoms with E-state index in [1.54, 1.807) is 0 Å². The summed E-state index contributed by atoms with van der Waals surface area (Å²) in [4.78, 5) is 0. The molecule has 0 saturated carbocycles. The van der Waals surface area contributed by atoms with Gasteiger partial charge in [-0.25, -0.2) is 0 Å². The topological polar surface area (TPSA) is 12.0 Å². The highest BCUT2D eigenvalue weighted by Gasteiger charge is 2.03. The van der Waals surface area contributed by atoms with Gasteiger partial charge in [-0.15, -0.1) is 6.58 Å². The summed E-state index contributed by atoms with van der Waals surface area (Å²) in [5, 5.41) is 3.25. The molecule has 0 rings (SSSR count). The first-order chi connectivity index (χ1) is 4.70. The molecule has 1 atom stereocenters. The quantitative estimate of drug-likeness (QED) is 0.615. The van der Waals surface area contributed by atoms with Crippen LogP contribution in [0.15, 0.2) is 12.2 Å². The fraction of sp³-hybridized carbons (Fsp3) is 0.750. The molecule has 1 unspecified atom stereocenters. The second-order valence-electron chi connectivity index (χ2n) is 2.60. The second-order valence-corrected chi connectivity index (χ2v) is 3.51. The number of thioether (sulfide) groups is 1. The van der Waals surface area contributed by atoms with Gasteiger partial charge in [0, 0.05) is 11.8 Å². The third-order valence-corrected chi connectivity index (χ3v) is 2.11. The molecule has 0 aliphatic carbocycles. The Hall–Kier alpha value is 0.0500. The van der Waals surface area contributed by atoms with Gasteiger partial charge in [0.1, 0.15) is 0 Å². The Kier molecular flexibility index (Phi) is 5.84. The summed E-state index contributed by atoms with van der Waals surface area (Å²) < 4.78 is 0. The summed E-state index contributed by atoms with van der Waals surface area (Å²) >= 11 is 1.87. The van der Waals surface area contributed by atoms with Crippen molar-refractivity contribution in [1.82, 2.24) is 5.32 Å². The molecule has 10 heavy (non-hydrogen) atoms. The maximum Gasteiger partial charge on any atom is 0.0192 e. The maximum atomic E-state index is 3.88. The minimum Gasteiger partial charge on any atom is -0.316 e. The van der Waals surface area contributed by atoms with E-state index in [1.165, 1.54) is 11.3 Å². The van der Waals surface area contributed by atoms with Gasteiger partial charge >= 0.3 is 0 Å². The third kappa shape index (κ3) is 4.89. The predicted octanol–water partition coefficient (Wildman–Crippen LogP) is 1.90. The van der Waals surface area contributed by atoms with E-state index < -0.39 is 0 Å². The zero-order valence-corrected chi connectivity index (χ0v) is 7.92. The van der Waals surface area contributed by atoms with Crippen LogP contribution in [0.5, 0.6) is 0 Å². The molecule has 0 spiro atoms. The van der Waals surface area contributed by atoms with E-state index >= 15 is 0 Å². The molecule has 0 fully saturated rings. The Bertz CT molecular complexity index is 101. The fourth-order valence-corrected chi connectivity index (χ4v) is 1.55. The lowest BCUT2D eigenvalue weighted by Gasteiger charge is -2.13. The molecule has 0 aromatic carbocycles. The Balaban J connectivity index is 3.49. The van der Waals surface area contributed by atoms with E-state index in [0.29, 0.717) is 6.04 Å². The zero-order valence-electron chi connectivity index (χ0n) is 7.11. The van der Waals surface area contributed by atoms with Crippen molar-refractivity contribution in [3.05, 3.63) is 12.2 Å². The SMILES string of the molecule is C=C(C)CC(CSC)NC. The highest BCUT2D eigenvalue weighted by molar-refractivity contribution is 7.98. The monoisotopic (exact) mass is 159 g/mol. The molecule has 0 heterocycles. The van der Waals surface area contributed by atoms with E-state index in [9.17, 15) is 0 Å². The van der Waals surface area contributed by atoms with Crippen LogP contribution >= 0.6 is 11.8 Å². The van der Waals surface area contributed by atoms with Gasteiger partial charge in [0.05, 0.1) is 0 Å². The number of hydrogen-bond donors (Lipinski definition) is 1. The van der Waals surface area contributed by atoms with Crippen molar-refractivity contribution in [3.8, 4) is 0 Å². The van der Waals surface area contributed by atoms with Gasteiger partial charge < -0.3 is 5.32 Å². The van der Waals surface area contributed by atoms with Crippen LogP contribution in [-0.2, 0) is 0 Å². The molecule has 0 aromatic rings. The predicted molar refractivity (Wildman–Crippen MR) is 50.7 cm³/mol. The van der Waals surface area contributed by atoms with Crippen molar-refractivity contribution in [2.75, 3.05) is 19.1 Å². The summed E-state index contributed by atoms with van der Waals surface area (Å²) in [5.74, 6) is 1.17. The van der Waals surface area contributed by atoms with E-state index in [4.69, 9.17) is 0 Å². The van der Waals surface area contributed by atoms with Crippen LogP contribution in [0.4, 0.5) is 0 Å². The average Bonchev–Trinajstić information content (AvgIpc) is 1.86. The molecule has 0 aliphatic rings. The summed E-state index contributed by atoms with van der Waals surface area (Å²) in [5.41, 5.74) is 1.26. The van der Waals surface area contributed by atoms with Gasteiger partial charge in [0.2, 0.25) is 0 Å². The van der Waals surface area contributed by atoms with Gasteiger partial charge in [-0.2, -0.15) is 11.8 Å². The molecule has 0 saturated heterocycles. The summed E-state index contributed by atoms with van der Waals surface area (Å²) in [7, 11) is 2.00. The lowest BCUT2D eigenvalue weighted by atomic mass is 10.1. The van der Waals surface area contributed by atoms with Gasteiger partial charge in [-0.3, -0.25) is 0 Å². The maximum absolute atomic E-state index is 3.88. The van der Waals surface area contributed by atoms with Gasteiger partial charge in [-0.05, 0) is 26.6 Å². The molecule has 1 N–H and O–H groups in total. The average molecular weight is 159 g/mol. The van der Waals surface area contributed by atoms with Crippen molar-refractivity contribution < 1.29 is 0 Å². The minimum atomic E-state index is 0.604. The Morgan fingerprint density at radius 2 is 2.30 bits per heavy atom. The van der Waals surface area contributed by atoms with Crippen molar-refractivity contribution in [3.63, 3.8) is 0 Å². The van der Waals surface area contributed by atoms with Crippen LogP contribution in [0.1, 0.15) is 13.3 Å². The van der Waals surface area contributed by atoms with Crippen LogP contribution < -0.4 is 5.32 Å². The standard InChI is InChI=1S/C8H17NS/c1-7(2)5-8(9-3)6-10-4/h8-9H,1,5-6H2,2-4H3. The first-order valence-electron chi connectivity index (χ1n) is 3.51. The third-order valence-electron chi connectivity index (χ3n) is 1.37. The van der Waals surface area contributed by atoms with Gasteiger partial charge in [0.15, 0.2) is 0 Å². The molecule has 0 aliphatic heterocycles. The fourth-order valence-electron chi connectivity index (χ4n) is 0.866. The molecule has 0 amide bonds. The number of nitrogens with one attached hydrogen (secondary N) is 1. The van der Waals surface area contributed by atoms with Crippen molar-refractivity contribution in [1.29, 1.82) is 0 Å². The Morgan fingerprint density at radius 1 is 1.70 bits per heavy atom. The zero-order chi connectivity index (χ0) is 7.98. The van der Waals surface area contributed by atoms with Crippen molar-refractivity contribution >= 4 is 11.8 Å². The molecular formula is C8H17NS. The van der Waals surface area contributed by atoms with Crippen molar-refractivity contribution in [2.45, 2.75) is 19.4 Å². The van der Waals surface area contributed by atoms with Gasteiger partial charge in [0.25, 0.3) is 0 Å². The lowest BCUT2D eigenvalue weighted by molar-refractivity contribution is 0.615. The largest absolute Gasteiger partial charge is 0.316 e. The Labute approximate surface area is 68.3 Å². The smallest absolute Gasteiger partial charge is 0.0192 e. The molecule has 1 nitrogen and oxygen atoms in total. The lowest BCUT2D eigenvalue weighted by Crippen LogP contribution is -2.27. The van der Waals surface area contributed by atoms with Gasteiger partial charge in [-0.1, -0.05) is 5.57 Å². The molecular weight excluding hydrogens is 142 g/mol. The van der Waals surface area contributed by atoms with E-state index in [1.807, 2.05) is 18.8 Å². The van der Waals surface area contributed by atoms with Crippen LogP contribution in [0.3, 0.4) is 0 Å². The first-order valence-corrected chi connectivity index (χ1v) is 4.90. The first kappa shape index (κ1) is 10.0. The van der Waals surface area contributed by atoms with Crippen molar-refractivity contribution in [2.24, 2.45) is 0 Å². The van der Waals surface area contributed by atoms with Crippen LogP contribution in [0, 0.1) is 0 Å². The highest BCUT2D eigenvalue weighted by Crippen LogP contribution is 2.06. The Morgan fingerprint density at radius 3 is 2.60 bits per heavy atom. The summed E-state index contributed by atoms with van der Waals surface area (Å²) in [6.07, 6.45) is 3.22. The molecule has 0 radical (unpaired) electrons. The second kappa shape index (κ2) is 5.81. The number of rotatable bonds is 5. The number of hydrogen-bond acceptors (Lipinski definition) is 2. The molecule has 2 heteroatoms. The van der Waals surface area contributed by atoms with Crippen LogP contribution in [0.25, 0.3) is 0 Å². The summed E-state index contributed by atoms with van der Waals surface area (Å²) in [6, 6.07) is 0.604. The van der Waals surface area contributed by atoms with E-state index in [2.05, 4.69) is 25.1 Å². The molecule has 0 bridgehead atoms. The van der Waals surface area contributed by atoms with E-state index in [-0.39, 0.29) is 0 Å². The highest BCUT2D eigenvalue weighted by atomic mass is 32.2. The van der Waals surface area contributed by atoms with Crippen LogP contribution in [-0.4, -0.2) is 25.1 Å². The molecule has 60 valence electrons.